The Bertz CT molecular complexity index is 1870. The predicted octanol–water partition coefficient (Wildman–Crippen LogP) is 8.09. The zero-order valence-electron chi connectivity index (χ0n) is 34.4. The molecule has 0 aliphatic heterocycles. The van der Waals surface area contributed by atoms with Crippen LogP contribution in [0.2, 0.25) is 0 Å². The second-order valence-electron chi connectivity index (χ2n) is 13.9. The molecule has 0 saturated heterocycles. The fourth-order valence-corrected chi connectivity index (χ4v) is 6.43. The molecule has 4 rings (SSSR count). The standard InChI is InChI=1S/C25H31NO6.C21H27NO3.ClH/c1-4-32-25(30)17(2)15-20(26-23(27)13-14-24(28)29)16-18-9-11-19(12-10-18)21-7-5-6-8-22(21)31-3;1-4-25-21(23)15(2)13-18(22)14-16-9-11-17(12-10-16)19-7-5-6-8-20(19)24-3;/h5-12,17,20H,4,13-16H2,1-3H3,(H,26,27)(H,28,29);5-12,15,18H,4,13-14,22H2,1-3H3;1H/t17?,20-;15?,18-;/m00./s1. The molecule has 0 saturated carbocycles. The van der Waals surface area contributed by atoms with Gasteiger partial charge in [-0.15, -0.1) is 12.4 Å². The van der Waals surface area contributed by atoms with E-state index in [4.69, 9.17) is 29.8 Å². The van der Waals surface area contributed by atoms with Crippen molar-refractivity contribution in [1.82, 2.24) is 5.32 Å². The monoisotopic (exact) mass is 818 g/mol. The SMILES string of the molecule is CCOC(=O)C(C)C[C@@H](Cc1ccc(-c2ccccc2OC)cc1)NC(=O)CCC(=O)O.CCOC(=O)C(C)C[C@H](N)Cc1ccc(-c2ccccc2OC)cc1.Cl. The normalized spacial score (nSPS) is 12.5. The number of carbonyl (C=O) groups excluding carboxylic acids is 3. The number of carbonyl (C=O) groups is 4. The fourth-order valence-electron chi connectivity index (χ4n) is 6.43. The van der Waals surface area contributed by atoms with Gasteiger partial charge >= 0.3 is 17.9 Å². The van der Waals surface area contributed by atoms with Crippen molar-refractivity contribution in [3.05, 3.63) is 108 Å². The number of carboxylic acid groups (broad SMARTS) is 1. The van der Waals surface area contributed by atoms with Gasteiger partial charge in [0.25, 0.3) is 0 Å². The van der Waals surface area contributed by atoms with E-state index in [1.165, 1.54) is 0 Å². The van der Waals surface area contributed by atoms with Gasteiger partial charge < -0.3 is 35.1 Å². The maximum absolute atomic E-state index is 12.2. The van der Waals surface area contributed by atoms with Crippen molar-refractivity contribution >= 4 is 36.2 Å². The minimum atomic E-state index is -1.02. The molecule has 0 bridgehead atoms. The molecule has 0 aromatic heterocycles. The van der Waals surface area contributed by atoms with Crippen LogP contribution in [-0.4, -0.2) is 68.4 Å². The lowest BCUT2D eigenvalue weighted by atomic mass is 9.94. The highest BCUT2D eigenvalue weighted by atomic mass is 35.5. The van der Waals surface area contributed by atoms with E-state index in [0.717, 1.165) is 51.3 Å². The third-order valence-electron chi connectivity index (χ3n) is 9.33. The molecule has 0 aliphatic carbocycles. The molecule has 0 fully saturated rings. The second kappa shape index (κ2) is 25.8. The maximum atomic E-state index is 12.2. The van der Waals surface area contributed by atoms with Crippen molar-refractivity contribution in [2.45, 2.75) is 78.3 Å². The molecule has 4 N–H and O–H groups in total. The highest BCUT2D eigenvalue weighted by Gasteiger charge is 2.23. The van der Waals surface area contributed by atoms with Gasteiger partial charge in [0.1, 0.15) is 11.5 Å². The average molecular weight is 819 g/mol. The summed E-state index contributed by atoms with van der Waals surface area (Å²) in [6.07, 6.45) is 1.91. The maximum Gasteiger partial charge on any atom is 0.308 e. The zero-order valence-corrected chi connectivity index (χ0v) is 35.2. The number of amides is 1. The summed E-state index contributed by atoms with van der Waals surface area (Å²) in [4.78, 5) is 46.8. The van der Waals surface area contributed by atoms with E-state index in [-0.39, 0.29) is 61.1 Å². The molecule has 4 atom stereocenters. The van der Waals surface area contributed by atoms with Crippen LogP contribution in [0.1, 0.15) is 64.5 Å². The smallest absolute Gasteiger partial charge is 0.308 e. The topological polar surface area (TPSA) is 163 Å². The molecular weight excluding hydrogens is 760 g/mol. The molecule has 12 heteroatoms. The van der Waals surface area contributed by atoms with Crippen LogP contribution in [0.5, 0.6) is 11.5 Å². The predicted molar refractivity (Wildman–Crippen MR) is 229 cm³/mol. The summed E-state index contributed by atoms with van der Waals surface area (Å²) in [6, 6.07) is 31.6. The number of rotatable bonds is 20. The molecule has 314 valence electrons. The molecule has 1 amide bonds. The van der Waals surface area contributed by atoms with Gasteiger partial charge in [-0.2, -0.15) is 0 Å². The van der Waals surface area contributed by atoms with Crippen molar-refractivity contribution in [1.29, 1.82) is 0 Å². The lowest BCUT2D eigenvalue weighted by Crippen LogP contribution is -2.39. The number of carboxylic acids is 1. The molecule has 0 aliphatic rings. The van der Waals surface area contributed by atoms with Crippen LogP contribution in [0.3, 0.4) is 0 Å². The van der Waals surface area contributed by atoms with Crippen LogP contribution in [-0.2, 0) is 41.5 Å². The van der Waals surface area contributed by atoms with Gasteiger partial charge in [-0.1, -0.05) is 98.8 Å². The zero-order chi connectivity index (χ0) is 41.7. The van der Waals surface area contributed by atoms with Gasteiger partial charge in [0, 0.05) is 29.6 Å². The summed E-state index contributed by atoms with van der Waals surface area (Å²) in [6.45, 7) is 7.89. The number of nitrogens with two attached hydrogens (primary N) is 1. The summed E-state index contributed by atoms with van der Waals surface area (Å²) >= 11 is 0. The summed E-state index contributed by atoms with van der Waals surface area (Å²) in [7, 11) is 3.31. The first-order valence-electron chi connectivity index (χ1n) is 19.4. The van der Waals surface area contributed by atoms with Gasteiger partial charge in [-0.05, 0) is 73.9 Å². The van der Waals surface area contributed by atoms with Crippen LogP contribution in [0.4, 0.5) is 0 Å². The minimum absolute atomic E-state index is 0. The molecular formula is C46H59ClN2O9. The third kappa shape index (κ3) is 16.2. The fraction of sp³-hybridized carbons (Fsp3) is 0.391. The van der Waals surface area contributed by atoms with Gasteiger partial charge in [0.2, 0.25) is 5.91 Å². The van der Waals surface area contributed by atoms with Crippen molar-refractivity contribution < 1.29 is 43.2 Å². The van der Waals surface area contributed by atoms with Crippen molar-refractivity contribution in [3.8, 4) is 33.8 Å². The highest BCUT2D eigenvalue weighted by Crippen LogP contribution is 2.31. The van der Waals surface area contributed by atoms with Crippen LogP contribution in [0.15, 0.2) is 97.1 Å². The third-order valence-corrected chi connectivity index (χ3v) is 9.33. The Hall–Kier alpha value is -5.39. The van der Waals surface area contributed by atoms with E-state index >= 15 is 0 Å². The van der Waals surface area contributed by atoms with Crippen molar-refractivity contribution in [2.24, 2.45) is 17.6 Å². The van der Waals surface area contributed by atoms with Gasteiger partial charge in [0.05, 0.1) is 45.7 Å². The molecule has 0 heterocycles. The molecule has 4 aromatic carbocycles. The van der Waals surface area contributed by atoms with Gasteiger partial charge in [-0.3, -0.25) is 19.2 Å². The lowest BCUT2D eigenvalue weighted by molar-refractivity contribution is -0.148. The summed E-state index contributed by atoms with van der Waals surface area (Å²) in [5, 5.41) is 11.7. The Balaban J connectivity index is 0.000000405. The first kappa shape index (κ1) is 48.8. The first-order chi connectivity index (χ1) is 27.4. The van der Waals surface area contributed by atoms with E-state index < -0.39 is 11.9 Å². The van der Waals surface area contributed by atoms with E-state index in [1.54, 1.807) is 28.1 Å². The highest BCUT2D eigenvalue weighted by molar-refractivity contribution is 5.85. The van der Waals surface area contributed by atoms with E-state index in [9.17, 15) is 19.2 Å². The number of para-hydroxylation sites is 2. The Morgan fingerprint density at radius 1 is 0.638 bits per heavy atom. The molecule has 11 nitrogen and oxygen atoms in total. The molecule has 58 heavy (non-hydrogen) atoms. The van der Waals surface area contributed by atoms with E-state index in [1.807, 2.05) is 86.6 Å². The van der Waals surface area contributed by atoms with Crippen LogP contribution >= 0.6 is 12.4 Å². The first-order valence-corrected chi connectivity index (χ1v) is 19.4. The second-order valence-corrected chi connectivity index (χ2v) is 13.9. The van der Waals surface area contributed by atoms with Gasteiger partial charge in [-0.25, -0.2) is 0 Å². The minimum Gasteiger partial charge on any atom is -0.496 e. The Morgan fingerprint density at radius 2 is 1.07 bits per heavy atom. The van der Waals surface area contributed by atoms with Crippen molar-refractivity contribution in [3.63, 3.8) is 0 Å². The van der Waals surface area contributed by atoms with Crippen LogP contribution in [0, 0.1) is 11.8 Å². The number of esters is 2. The van der Waals surface area contributed by atoms with Crippen LogP contribution < -0.4 is 20.5 Å². The largest absolute Gasteiger partial charge is 0.496 e. The number of methoxy groups -OCH3 is 2. The van der Waals surface area contributed by atoms with Crippen molar-refractivity contribution in [2.75, 3.05) is 27.4 Å². The molecule has 2 unspecified atom stereocenters. The summed E-state index contributed by atoms with van der Waals surface area (Å²) in [5.41, 5.74) is 12.5. The molecule has 4 aromatic rings. The Labute approximate surface area is 349 Å². The number of hydrogen-bond donors (Lipinski definition) is 3. The van der Waals surface area contributed by atoms with Gasteiger partial charge in [0.15, 0.2) is 0 Å². The quantitative estimate of drug-likeness (QED) is 0.0743. The number of nitrogens with one attached hydrogen (secondary N) is 1. The number of ether oxygens (including phenoxy) is 4. The number of aliphatic carboxylic acids is 1. The number of benzene rings is 4. The number of hydrogen-bond acceptors (Lipinski definition) is 9. The summed E-state index contributed by atoms with van der Waals surface area (Å²) < 4.78 is 21.0. The lowest BCUT2D eigenvalue weighted by Gasteiger charge is -2.22. The molecule has 0 spiro atoms. The van der Waals surface area contributed by atoms with Crippen LogP contribution in [0.25, 0.3) is 22.3 Å². The average Bonchev–Trinajstić information content (AvgIpc) is 3.21. The Kier molecular flexibility index (Phi) is 21.7. The number of halogens is 1. The van der Waals surface area contributed by atoms with E-state index in [0.29, 0.717) is 32.5 Å². The Morgan fingerprint density at radius 3 is 1.50 bits per heavy atom. The molecule has 0 radical (unpaired) electrons. The van der Waals surface area contributed by atoms with E-state index in [2.05, 4.69) is 29.6 Å². The summed E-state index contributed by atoms with van der Waals surface area (Å²) in [5.74, 6) is -0.798.